The predicted octanol–water partition coefficient (Wildman–Crippen LogP) is 2.84. The van der Waals surface area contributed by atoms with Crippen LogP contribution in [0.3, 0.4) is 0 Å². The van der Waals surface area contributed by atoms with Gasteiger partial charge in [-0.15, -0.1) is 0 Å². The summed E-state index contributed by atoms with van der Waals surface area (Å²) in [5.74, 6) is 3.47. The van der Waals surface area contributed by atoms with Gasteiger partial charge in [0.15, 0.2) is 5.17 Å². The van der Waals surface area contributed by atoms with Crippen LogP contribution >= 0.6 is 11.8 Å². The van der Waals surface area contributed by atoms with Crippen LogP contribution in [0.5, 0.6) is 0 Å². The van der Waals surface area contributed by atoms with Crippen molar-refractivity contribution >= 4 is 16.9 Å². The molecule has 0 radical (unpaired) electrons. The third-order valence-electron chi connectivity index (χ3n) is 2.81. The maximum Gasteiger partial charge on any atom is 0.216 e. The van der Waals surface area contributed by atoms with Crippen molar-refractivity contribution in [3.63, 3.8) is 0 Å². The molecule has 0 aromatic carbocycles. The molecule has 1 atom stereocenters. The van der Waals surface area contributed by atoms with Gasteiger partial charge in [-0.25, -0.2) is 4.98 Å². The SMILES string of the molecule is CCc1cnc(CN=C2NC(CC(C)C)CS2)o1. The number of thioether (sulfide) groups is 1. The van der Waals surface area contributed by atoms with E-state index in [1.807, 2.05) is 0 Å². The number of oxazole rings is 1. The quantitative estimate of drug-likeness (QED) is 0.891. The standard InChI is InChI=1S/C13H21N3OS/c1-4-11-6-14-12(17-11)7-15-13-16-10(8-18-13)5-9(2)3/h6,9-10H,4-5,7-8H2,1-3H3,(H,15,16). The van der Waals surface area contributed by atoms with Crippen LogP contribution < -0.4 is 5.32 Å². The molecule has 0 amide bonds. The number of amidine groups is 1. The molecule has 1 saturated heterocycles. The van der Waals surface area contributed by atoms with Gasteiger partial charge in [-0.2, -0.15) is 0 Å². The highest BCUT2D eigenvalue weighted by Gasteiger charge is 2.20. The van der Waals surface area contributed by atoms with E-state index < -0.39 is 0 Å². The van der Waals surface area contributed by atoms with Gasteiger partial charge in [-0.3, -0.25) is 4.99 Å². The molecule has 18 heavy (non-hydrogen) atoms. The van der Waals surface area contributed by atoms with Crippen molar-refractivity contribution < 1.29 is 4.42 Å². The Kier molecular flexibility index (Phi) is 4.69. The van der Waals surface area contributed by atoms with E-state index in [9.17, 15) is 0 Å². The number of nitrogens with one attached hydrogen (secondary N) is 1. The average molecular weight is 267 g/mol. The summed E-state index contributed by atoms with van der Waals surface area (Å²) in [6.45, 7) is 7.09. The number of hydrogen-bond donors (Lipinski definition) is 1. The summed E-state index contributed by atoms with van der Waals surface area (Å²) in [4.78, 5) is 8.72. The number of aryl methyl sites for hydroxylation is 1. The van der Waals surface area contributed by atoms with Crippen molar-refractivity contribution in [1.82, 2.24) is 10.3 Å². The fourth-order valence-corrected chi connectivity index (χ4v) is 2.93. The Morgan fingerprint density at radius 1 is 1.61 bits per heavy atom. The molecule has 5 heteroatoms. The summed E-state index contributed by atoms with van der Waals surface area (Å²) < 4.78 is 5.53. The van der Waals surface area contributed by atoms with Crippen LogP contribution in [-0.2, 0) is 13.0 Å². The third kappa shape index (κ3) is 3.77. The summed E-state index contributed by atoms with van der Waals surface area (Å²) in [5, 5.41) is 4.48. The Bertz CT molecular complexity index is 414. The Morgan fingerprint density at radius 3 is 3.11 bits per heavy atom. The Balaban J connectivity index is 1.83. The lowest BCUT2D eigenvalue weighted by atomic mass is 10.1. The first-order chi connectivity index (χ1) is 8.67. The van der Waals surface area contributed by atoms with Crippen molar-refractivity contribution in [2.24, 2.45) is 10.9 Å². The van der Waals surface area contributed by atoms with Crippen LogP contribution in [-0.4, -0.2) is 21.9 Å². The molecule has 100 valence electrons. The second-order valence-corrected chi connectivity index (χ2v) is 5.99. The summed E-state index contributed by atoms with van der Waals surface area (Å²) in [5.41, 5.74) is 0. The van der Waals surface area contributed by atoms with Crippen molar-refractivity contribution in [1.29, 1.82) is 0 Å². The topological polar surface area (TPSA) is 50.4 Å². The molecule has 2 heterocycles. The van der Waals surface area contributed by atoms with Crippen LogP contribution in [0.15, 0.2) is 15.6 Å². The van der Waals surface area contributed by atoms with Gasteiger partial charge in [0.25, 0.3) is 0 Å². The second kappa shape index (κ2) is 6.27. The van der Waals surface area contributed by atoms with E-state index in [4.69, 9.17) is 4.42 Å². The van der Waals surface area contributed by atoms with E-state index in [1.165, 1.54) is 6.42 Å². The van der Waals surface area contributed by atoms with Gasteiger partial charge in [0.2, 0.25) is 5.89 Å². The number of aliphatic imine (C=N–C) groups is 1. The largest absolute Gasteiger partial charge is 0.444 e. The highest BCUT2D eigenvalue weighted by molar-refractivity contribution is 8.14. The Hall–Kier alpha value is -0.970. The van der Waals surface area contributed by atoms with Crippen LogP contribution in [0.25, 0.3) is 0 Å². The van der Waals surface area contributed by atoms with Crippen LogP contribution in [0.2, 0.25) is 0 Å². The summed E-state index contributed by atoms with van der Waals surface area (Å²) in [6.07, 6.45) is 3.87. The number of aromatic nitrogens is 1. The van der Waals surface area contributed by atoms with Gasteiger partial charge in [0, 0.05) is 18.2 Å². The molecule has 1 unspecified atom stereocenters. The zero-order chi connectivity index (χ0) is 13.0. The molecule has 0 bridgehead atoms. The molecule has 1 fully saturated rings. The smallest absolute Gasteiger partial charge is 0.216 e. The van der Waals surface area contributed by atoms with Gasteiger partial charge in [0.05, 0.1) is 6.20 Å². The molecule has 0 spiro atoms. The molecule has 1 aromatic rings. The van der Waals surface area contributed by atoms with E-state index in [1.54, 1.807) is 18.0 Å². The van der Waals surface area contributed by atoms with Crippen molar-refractivity contribution in [2.45, 2.75) is 46.2 Å². The molecule has 0 saturated carbocycles. The fraction of sp³-hybridized carbons (Fsp3) is 0.692. The monoisotopic (exact) mass is 267 g/mol. The lowest BCUT2D eigenvalue weighted by molar-refractivity contribution is 0.460. The fourth-order valence-electron chi connectivity index (χ4n) is 1.95. The molecule has 4 nitrogen and oxygen atoms in total. The van der Waals surface area contributed by atoms with E-state index >= 15 is 0 Å². The Morgan fingerprint density at radius 2 is 2.44 bits per heavy atom. The van der Waals surface area contributed by atoms with Crippen LogP contribution in [0.1, 0.15) is 38.8 Å². The second-order valence-electron chi connectivity index (χ2n) is 4.98. The number of hydrogen-bond acceptors (Lipinski definition) is 4. The number of rotatable bonds is 5. The highest BCUT2D eigenvalue weighted by Crippen LogP contribution is 2.19. The van der Waals surface area contributed by atoms with E-state index in [2.05, 4.69) is 36.1 Å². The first-order valence-electron chi connectivity index (χ1n) is 6.54. The number of nitrogens with zero attached hydrogens (tertiary/aromatic N) is 2. The maximum absolute atomic E-state index is 5.53. The molecule has 0 aliphatic carbocycles. The van der Waals surface area contributed by atoms with Gasteiger partial charge >= 0.3 is 0 Å². The molecular weight excluding hydrogens is 246 g/mol. The van der Waals surface area contributed by atoms with Crippen LogP contribution in [0.4, 0.5) is 0 Å². The van der Waals surface area contributed by atoms with E-state index in [0.29, 0.717) is 18.5 Å². The van der Waals surface area contributed by atoms with Crippen LogP contribution in [0, 0.1) is 5.92 Å². The zero-order valence-electron chi connectivity index (χ0n) is 11.3. The molecule has 1 aliphatic rings. The highest BCUT2D eigenvalue weighted by atomic mass is 32.2. The molecule has 1 N–H and O–H groups in total. The Labute approximate surface area is 113 Å². The minimum Gasteiger partial charge on any atom is -0.444 e. The molecule has 1 aliphatic heterocycles. The van der Waals surface area contributed by atoms with Gasteiger partial charge < -0.3 is 9.73 Å². The predicted molar refractivity (Wildman–Crippen MR) is 75.9 cm³/mol. The molecular formula is C13H21N3OS. The first-order valence-corrected chi connectivity index (χ1v) is 7.53. The molecule has 1 aromatic heterocycles. The third-order valence-corrected chi connectivity index (χ3v) is 3.90. The zero-order valence-corrected chi connectivity index (χ0v) is 12.1. The minimum absolute atomic E-state index is 0.531. The summed E-state index contributed by atoms with van der Waals surface area (Å²) in [7, 11) is 0. The van der Waals surface area contributed by atoms with Gasteiger partial charge in [0.1, 0.15) is 12.3 Å². The van der Waals surface area contributed by atoms with Crippen molar-refractivity contribution in [3.05, 3.63) is 17.8 Å². The molecule has 2 rings (SSSR count). The summed E-state index contributed by atoms with van der Waals surface area (Å²) in [6, 6.07) is 0.560. The maximum atomic E-state index is 5.53. The minimum atomic E-state index is 0.531. The summed E-state index contributed by atoms with van der Waals surface area (Å²) >= 11 is 1.79. The van der Waals surface area contributed by atoms with E-state index in [0.717, 1.165) is 29.0 Å². The van der Waals surface area contributed by atoms with Gasteiger partial charge in [-0.1, -0.05) is 32.5 Å². The normalized spacial score (nSPS) is 21.8. The van der Waals surface area contributed by atoms with Crippen molar-refractivity contribution in [3.8, 4) is 0 Å². The van der Waals surface area contributed by atoms with Crippen molar-refractivity contribution in [2.75, 3.05) is 5.75 Å². The lowest BCUT2D eigenvalue weighted by Gasteiger charge is -2.11. The van der Waals surface area contributed by atoms with Gasteiger partial charge in [-0.05, 0) is 12.3 Å². The lowest BCUT2D eigenvalue weighted by Crippen LogP contribution is -2.28. The van der Waals surface area contributed by atoms with E-state index in [-0.39, 0.29) is 0 Å². The first kappa shape index (κ1) is 13.5. The average Bonchev–Trinajstić information content (AvgIpc) is 2.94.